The van der Waals surface area contributed by atoms with E-state index in [1.54, 1.807) is 11.9 Å². The smallest absolute Gasteiger partial charge is 0.410 e. The molecule has 1 N–H and O–H groups in total. The zero-order chi connectivity index (χ0) is 16.6. The summed E-state index contributed by atoms with van der Waals surface area (Å²) >= 11 is 0. The van der Waals surface area contributed by atoms with Crippen molar-refractivity contribution in [1.29, 1.82) is 0 Å². The normalized spacial score (nSPS) is 24.0. The Kier molecular flexibility index (Phi) is 3.75. The zero-order valence-corrected chi connectivity index (χ0v) is 13.1. The van der Waals surface area contributed by atoms with E-state index < -0.39 is 5.60 Å². The van der Waals surface area contributed by atoms with Gasteiger partial charge in [0.2, 0.25) is 5.43 Å². The summed E-state index contributed by atoms with van der Waals surface area (Å²) in [4.78, 5) is 42.0. The Balaban J connectivity index is 1.79. The van der Waals surface area contributed by atoms with Crippen LogP contribution in [0.3, 0.4) is 0 Å². The number of hydrogen-bond acceptors (Lipinski definition) is 5. The number of methoxy groups -OCH3 is 1. The van der Waals surface area contributed by atoms with Gasteiger partial charge in [0, 0.05) is 25.9 Å². The van der Waals surface area contributed by atoms with Crippen molar-refractivity contribution in [3.8, 4) is 5.75 Å². The molecule has 0 aliphatic carbocycles. The van der Waals surface area contributed by atoms with Crippen LogP contribution in [0.5, 0.6) is 5.75 Å². The molecular formula is C15H19N3O5. The van der Waals surface area contributed by atoms with Gasteiger partial charge < -0.3 is 24.3 Å². The number of likely N-dealkylation sites (N-methyl/N-ethyl adjacent to an activating group) is 1. The highest BCUT2D eigenvalue weighted by molar-refractivity contribution is 5.92. The lowest BCUT2D eigenvalue weighted by atomic mass is 9.92. The summed E-state index contributed by atoms with van der Waals surface area (Å²) in [5.41, 5.74) is -0.800. The van der Waals surface area contributed by atoms with Gasteiger partial charge in [0.15, 0.2) is 5.75 Å². The first-order valence-electron chi connectivity index (χ1n) is 7.44. The SMILES string of the molecule is COc1c[nH]c(C(=O)N2CCCC3(CN(C)C(=O)O3)C2)cc1=O. The number of H-pyrrole nitrogens is 1. The maximum absolute atomic E-state index is 12.6. The third kappa shape index (κ3) is 2.76. The highest BCUT2D eigenvalue weighted by Crippen LogP contribution is 2.31. The molecule has 2 aliphatic heterocycles. The molecule has 8 nitrogen and oxygen atoms in total. The fourth-order valence-corrected chi connectivity index (χ4v) is 3.19. The molecule has 0 bridgehead atoms. The topological polar surface area (TPSA) is 91.9 Å². The second kappa shape index (κ2) is 5.60. The first kappa shape index (κ1) is 15.4. The lowest BCUT2D eigenvalue weighted by Crippen LogP contribution is -2.52. The summed E-state index contributed by atoms with van der Waals surface area (Å²) < 4.78 is 10.4. The molecule has 23 heavy (non-hydrogen) atoms. The number of ether oxygens (including phenoxy) is 2. The van der Waals surface area contributed by atoms with Crippen molar-refractivity contribution in [3.63, 3.8) is 0 Å². The second-order valence-corrected chi connectivity index (χ2v) is 6.02. The molecular weight excluding hydrogens is 302 g/mol. The summed E-state index contributed by atoms with van der Waals surface area (Å²) in [6, 6.07) is 1.23. The standard InChI is InChI=1S/C15H19N3O5/c1-17-8-15(23-14(17)21)4-3-5-18(9-15)13(20)10-6-11(19)12(22-2)7-16-10/h6-7H,3-5,8-9H2,1-2H3,(H,16,19). The number of pyridine rings is 1. The van der Waals surface area contributed by atoms with Crippen LogP contribution >= 0.6 is 0 Å². The van der Waals surface area contributed by atoms with E-state index in [1.807, 2.05) is 0 Å². The number of likely N-dealkylation sites (tertiary alicyclic amines) is 1. The quantitative estimate of drug-likeness (QED) is 0.853. The molecule has 2 saturated heterocycles. The molecule has 1 atom stereocenters. The van der Waals surface area contributed by atoms with Crippen LogP contribution in [0.4, 0.5) is 4.79 Å². The zero-order valence-electron chi connectivity index (χ0n) is 13.1. The minimum atomic E-state index is -0.646. The summed E-state index contributed by atoms with van der Waals surface area (Å²) in [6.07, 6.45) is 2.48. The largest absolute Gasteiger partial charge is 0.491 e. The van der Waals surface area contributed by atoms with Crippen molar-refractivity contribution in [1.82, 2.24) is 14.8 Å². The Labute approximate surface area is 133 Å². The number of aromatic nitrogens is 1. The third-order valence-electron chi connectivity index (χ3n) is 4.29. The van der Waals surface area contributed by atoms with E-state index in [0.29, 0.717) is 19.6 Å². The second-order valence-electron chi connectivity index (χ2n) is 6.02. The molecule has 3 heterocycles. The van der Waals surface area contributed by atoms with Crippen LogP contribution < -0.4 is 10.2 Å². The Bertz CT molecular complexity index is 701. The molecule has 1 aromatic heterocycles. The summed E-state index contributed by atoms with van der Waals surface area (Å²) in [7, 11) is 3.07. The number of hydrogen-bond donors (Lipinski definition) is 1. The minimum Gasteiger partial charge on any atom is -0.491 e. The highest BCUT2D eigenvalue weighted by atomic mass is 16.6. The summed E-state index contributed by atoms with van der Waals surface area (Å²) in [6.45, 7) is 1.36. The van der Waals surface area contributed by atoms with Crippen LogP contribution in [0.2, 0.25) is 0 Å². The third-order valence-corrected chi connectivity index (χ3v) is 4.29. The van der Waals surface area contributed by atoms with Gasteiger partial charge in [0.1, 0.15) is 11.3 Å². The number of amides is 2. The number of nitrogens with one attached hydrogen (secondary N) is 1. The number of piperidine rings is 1. The molecule has 8 heteroatoms. The monoisotopic (exact) mass is 321 g/mol. The van der Waals surface area contributed by atoms with Crippen molar-refractivity contribution < 1.29 is 19.1 Å². The molecule has 3 rings (SSSR count). The molecule has 1 unspecified atom stereocenters. The molecule has 0 saturated carbocycles. The average molecular weight is 321 g/mol. The van der Waals surface area contributed by atoms with Crippen molar-refractivity contribution >= 4 is 12.0 Å². The number of aromatic amines is 1. The maximum Gasteiger partial charge on any atom is 0.410 e. The molecule has 0 aromatic carbocycles. The van der Waals surface area contributed by atoms with E-state index in [9.17, 15) is 14.4 Å². The van der Waals surface area contributed by atoms with Crippen LogP contribution in [-0.4, -0.2) is 66.2 Å². The fraction of sp³-hybridized carbons (Fsp3) is 0.533. The van der Waals surface area contributed by atoms with Gasteiger partial charge in [-0.2, -0.15) is 0 Å². The van der Waals surface area contributed by atoms with Crippen LogP contribution in [0, 0.1) is 0 Å². The van der Waals surface area contributed by atoms with Crippen LogP contribution in [0.15, 0.2) is 17.1 Å². The summed E-state index contributed by atoms with van der Waals surface area (Å²) in [5, 5.41) is 0. The lowest BCUT2D eigenvalue weighted by molar-refractivity contribution is -0.00541. The lowest BCUT2D eigenvalue weighted by Gasteiger charge is -2.38. The van der Waals surface area contributed by atoms with Crippen LogP contribution in [0.1, 0.15) is 23.3 Å². The van der Waals surface area contributed by atoms with E-state index in [-0.39, 0.29) is 28.9 Å². The molecule has 2 aliphatic rings. The average Bonchev–Trinajstić information content (AvgIpc) is 2.80. The van der Waals surface area contributed by atoms with Crippen LogP contribution in [-0.2, 0) is 4.74 Å². The minimum absolute atomic E-state index is 0.156. The molecule has 1 aromatic rings. The Morgan fingerprint density at radius 3 is 2.78 bits per heavy atom. The van der Waals surface area contributed by atoms with Crippen molar-refractivity contribution in [2.24, 2.45) is 0 Å². The van der Waals surface area contributed by atoms with E-state index in [2.05, 4.69) is 4.98 Å². The molecule has 2 amide bonds. The molecule has 1 spiro atoms. The van der Waals surface area contributed by atoms with E-state index in [0.717, 1.165) is 12.8 Å². The predicted molar refractivity (Wildman–Crippen MR) is 80.6 cm³/mol. The van der Waals surface area contributed by atoms with E-state index in [1.165, 1.54) is 24.3 Å². The van der Waals surface area contributed by atoms with Gasteiger partial charge >= 0.3 is 6.09 Å². The van der Waals surface area contributed by atoms with Gasteiger partial charge in [-0.05, 0) is 12.8 Å². The van der Waals surface area contributed by atoms with Crippen molar-refractivity contribution in [3.05, 3.63) is 28.2 Å². The van der Waals surface area contributed by atoms with E-state index >= 15 is 0 Å². The Hall–Kier alpha value is -2.51. The Morgan fingerprint density at radius 1 is 1.39 bits per heavy atom. The number of nitrogens with zero attached hydrogens (tertiary/aromatic N) is 2. The predicted octanol–water partition coefficient (Wildman–Crippen LogP) is 0.440. The molecule has 2 fully saturated rings. The van der Waals surface area contributed by atoms with E-state index in [4.69, 9.17) is 9.47 Å². The Morgan fingerprint density at radius 2 is 2.17 bits per heavy atom. The maximum atomic E-state index is 12.6. The fourth-order valence-electron chi connectivity index (χ4n) is 3.19. The highest BCUT2D eigenvalue weighted by Gasteiger charge is 2.47. The van der Waals surface area contributed by atoms with Gasteiger partial charge in [-0.15, -0.1) is 0 Å². The van der Waals surface area contributed by atoms with Gasteiger partial charge in [-0.3, -0.25) is 9.59 Å². The van der Waals surface area contributed by atoms with Gasteiger partial charge in [0.05, 0.1) is 20.2 Å². The van der Waals surface area contributed by atoms with Crippen molar-refractivity contribution in [2.45, 2.75) is 18.4 Å². The first-order chi connectivity index (χ1) is 10.9. The molecule has 124 valence electrons. The van der Waals surface area contributed by atoms with Crippen molar-refractivity contribution in [2.75, 3.05) is 33.8 Å². The molecule has 0 radical (unpaired) electrons. The van der Waals surface area contributed by atoms with Gasteiger partial charge in [-0.25, -0.2) is 4.79 Å². The number of carbonyl (C=O) groups is 2. The van der Waals surface area contributed by atoms with Crippen LogP contribution in [0.25, 0.3) is 0 Å². The van der Waals surface area contributed by atoms with Gasteiger partial charge in [-0.1, -0.05) is 0 Å². The summed E-state index contributed by atoms with van der Waals surface area (Å²) in [5.74, 6) is -0.127. The first-order valence-corrected chi connectivity index (χ1v) is 7.44. The van der Waals surface area contributed by atoms with Gasteiger partial charge in [0.25, 0.3) is 5.91 Å². The number of carbonyl (C=O) groups excluding carboxylic acids is 2. The number of rotatable bonds is 2.